The van der Waals surface area contributed by atoms with Crippen molar-refractivity contribution >= 4 is 23.4 Å². The molecule has 0 bridgehead atoms. The van der Waals surface area contributed by atoms with Gasteiger partial charge in [0.1, 0.15) is 0 Å². The van der Waals surface area contributed by atoms with Crippen molar-refractivity contribution in [3.8, 4) is 0 Å². The first-order valence-corrected chi connectivity index (χ1v) is 8.64. The van der Waals surface area contributed by atoms with Crippen molar-refractivity contribution < 1.29 is 0 Å². The van der Waals surface area contributed by atoms with E-state index in [-0.39, 0.29) is 5.41 Å². The maximum atomic E-state index is 5.75. The van der Waals surface area contributed by atoms with E-state index in [2.05, 4.69) is 56.4 Å². The first-order valence-electron chi connectivity index (χ1n) is 8.64. The quantitative estimate of drug-likeness (QED) is 0.547. The van der Waals surface area contributed by atoms with Gasteiger partial charge in [0.15, 0.2) is 0 Å². The molecule has 2 aliphatic carbocycles. The molecule has 0 radical (unpaired) electrons. The highest BCUT2D eigenvalue weighted by Crippen LogP contribution is 2.50. The fourth-order valence-corrected chi connectivity index (χ4v) is 3.95. The maximum Gasteiger partial charge on any atom is 0.0314 e. The third kappa shape index (κ3) is 2.41. The summed E-state index contributed by atoms with van der Waals surface area (Å²) in [6.07, 6.45) is 11.3. The summed E-state index contributed by atoms with van der Waals surface area (Å²) in [6.45, 7) is 4.72. The number of nitrogen functional groups attached to an aromatic ring is 1. The second-order valence-corrected chi connectivity index (χ2v) is 7.26. The van der Waals surface area contributed by atoms with E-state index >= 15 is 0 Å². The first-order chi connectivity index (χ1) is 11.6. The number of hydrogen-bond donors (Lipinski definition) is 1. The third-order valence-electron chi connectivity index (χ3n) is 5.34. The van der Waals surface area contributed by atoms with Gasteiger partial charge < -0.3 is 5.73 Å². The Bertz CT molecular complexity index is 877. The van der Waals surface area contributed by atoms with Gasteiger partial charge in [-0.3, -0.25) is 0 Å². The Labute approximate surface area is 144 Å². The first kappa shape index (κ1) is 15.0. The zero-order valence-corrected chi connectivity index (χ0v) is 14.3. The lowest BCUT2D eigenvalue weighted by Gasteiger charge is -2.25. The zero-order valence-electron chi connectivity index (χ0n) is 14.3. The van der Waals surface area contributed by atoms with Gasteiger partial charge in [0.25, 0.3) is 0 Å². The minimum absolute atomic E-state index is 0.139. The van der Waals surface area contributed by atoms with Crippen LogP contribution in [-0.4, -0.2) is 0 Å². The van der Waals surface area contributed by atoms with Gasteiger partial charge in [-0.05, 0) is 52.8 Å². The molecule has 0 unspecified atom stereocenters. The summed E-state index contributed by atoms with van der Waals surface area (Å²) in [7, 11) is 0. The summed E-state index contributed by atoms with van der Waals surface area (Å²) >= 11 is 0. The molecule has 2 N–H and O–H groups in total. The number of allylic oxidation sites excluding steroid dienone is 4. The lowest BCUT2D eigenvalue weighted by Crippen LogP contribution is -2.17. The predicted molar refractivity (Wildman–Crippen MR) is 105 cm³/mol. The van der Waals surface area contributed by atoms with Crippen LogP contribution < -0.4 is 5.73 Å². The second kappa shape index (κ2) is 5.52. The highest BCUT2D eigenvalue weighted by Gasteiger charge is 2.37. The van der Waals surface area contributed by atoms with E-state index in [9.17, 15) is 0 Å². The molecule has 2 aliphatic rings. The number of nitrogens with two attached hydrogens (primary N) is 1. The molecule has 0 heterocycles. The number of benzene rings is 2. The van der Waals surface area contributed by atoms with Crippen molar-refractivity contribution in [3.63, 3.8) is 0 Å². The molecule has 0 aromatic heterocycles. The average Bonchev–Trinajstić information content (AvgIpc) is 2.83. The Morgan fingerprint density at radius 3 is 2.46 bits per heavy atom. The van der Waals surface area contributed by atoms with Gasteiger partial charge in [-0.25, -0.2) is 0 Å². The summed E-state index contributed by atoms with van der Waals surface area (Å²) in [5.74, 6) is 0. The van der Waals surface area contributed by atoms with Crippen LogP contribution >= 0.6 is 0 Å². The Morgan fingerprint density at radius 1 is 0.958 bits per heavy atom. The lowest BCUT2D eigenvalue weighted by molar-refractivity contribution is 0.607. The average molecular weight is 313 g/mol. The van der Waals surface area contributed by atoms with Gasteiger partial charge in [0.05, 0.1) is 0 Å². The highest BCUT2D eigenvalue weighted by molar-refractivity contribution is 5.87. The molecule has 0 fully saturated rings. The molecule has 1 nitrogen and oxygen atoms in total. The topological polar surface area (TPSA) is 26.0 Å². The van der Waals surface area contributed by atoms with Gasteiger partial charge in [-0.2, -0.15) is 0 Å². The minimum Gasteiger partial charge on any atom is -0.399 e. The van der Waals surface area contributed by atoms with E-state index in [0.29, 0.717) is 0 Å². The molecule has 0 spiro atoms. The van der Waals surface area contributed by atoms with Gasteiger partial charge >= 0.3 is 0 Å². The van der Waals surface area contributed by atoms with Crippen molar-refractivity contribution in [2.75, 3.05) is 5.73 Å². The monoisotopic (exact) mass is 313 g/mol. The van der Waals surface area contributed by atoms with Crippen LogP contribution in [0.25, 0.3) is 17.7 Å². The van der Waals surface area contributed by atoms with Crippen LogP contribution in [0.4, 0.5) is 5.69 Å². The molecule has 24 heavy (non-hydrogen) atoms. The highest BCUT2D eigenvalue weighted by atomic mass is 14.5. The molecule has 0 saturated heterocycles. The van der Waals surface area contributed by atoms with Gasteiger partial charge in [-0.15, -0.1) is 0 Å². The molecule has 1 heteroatoms. The van der Waals surface area contributed by atoms with E-state index in [1.54, 1.807) is 5.57 Å². The Morgan fingerprint density at radius 2 is 1.67 bits per heavy atom. The molecule has 4 rings (SSSR count). The Hall–Kier alpha value is -2.54. The summed E-state index contributed by atoms with van der Waals surface area (Å²) < 4.78 is 0. The number of hydrogen-bond acceptors (Lipinski definition) is 1. The van der Waals surface area contributed by atoms with Gasteiger partial charge in [0, 0.05) is 11.1 Å². The summed E-state index contributed by atoms with van der Waals surface area (Å²) in [6, 6.07) is 14.8. The van der Waals surface area contributed by atoms with E-state index < -0.39 is 0 Å². The molecule has 120 valence electrons. The van der Waals surface area contributed by atoms with Crippen LogP contribution in [0.3, 0.4) is 0 Å². The van der Waals surface area contributed by atoms with Crippen molar-refractivity contribution in [1.82, 2.24) is 0 Å². The number of fused-ring (bicyclic) bond motifs is 2. The summed E-state index contributed by atoms with van der Waals surface area (Å²) in [5, 5.41) is 0. The van der Waals surface area contributed by atoms with Crippen LogP contribution in [0.15, 0.2) is 60.2 Å². The van der Waals surface area contributed by atoms with E-state index in [4.69, 9.17) is 5.73 Å². The SMILES string of the molecule is CC1(C)C2=C(C=CCC2)c2ccc(/C=C/c3ccc(N)cc3)cc21. The van der Waals surface area contributed by atoms with Crippen LogP contribution in [0, 0.1) is 0 Å². The van der Waals surface area contributed by atoms with Crippen molar-refractivity contribution in [3.05, 3.63) is 82.4 Å². The van der Waals surface area contributed by atoms with Crippen LogP contribution in [0.1, 0.15) is 48.9 Å². The lowest BCUT2D eigenvalue weighted by atomic mass is 9.78. The van der Waals surface area contributed by atoms with Crippen LogP contribution in [0.2, 0.25) is 0 Å². The smallest absolute Gasteiger partial charge is 0.0314 e. The molecular weight excluding hydrogens is 290 g/mol. The van der Waals surface area contributed by atoms with E-state index in [0.717, 1.165) is 5.69 Å². The third-order valence-corrected chi connectivity index (χ3v) is 5.34. The second-order valence-electron chi connectivity index (χ2n) is 7.26. The number of rotatable bonds is 2. The Balaban J connectivity index is 1.69. The minimum atomic E-state index is 0.139. The van der Waals surface area contributed by atoms with Crippen molar-refractivity contribution in [2.45, 2.75) is 32.1 Å². The van der Waals surface area contributed by atoms with Crippen LogP contribution in [-0.2, 0) is 5.41 Å². The molecule has 2 aromatic rings. The normalized spacial score (nSPS) is 18.1. The molecule has 0 aliphatic heterocycles. The molecule has 0 atom stereocenters. The standard InChI is InChI=1S/C23H23N/c1-23(2)21-6-4-3-5-19(21)20-14-11-17(15-22(20)23)8-7-16-9-12-18(24)13-10-16/h3,5,7-15H,4,6,24H2,1-2H3/b8-7+. The summed E-state index contributed by atoms with van der Waals surface area (Å²) in [5.41, 5.74) is 15.0. The molecule has 0 saturated carbocycles. The molecule has 2 aromatic carbocycles. The van der Waals surface area contributed by atoms with Gasteiger partial charge in [0.2, 0.25) is 0 Å². The Kier molecular flexibility index (Phi) is 3.45. The van der Waals surface area contributed by atoms with E-state index in [1.807, 2.05) is 24.3 Å². The summed E-state index contributed by atoms with van der Waals surface area (Å²) in [4.78, 5) is 0. The predicted octanol–water partition coefficient (Wildman–Crippen LogP) is 5.83. The largest absolute Gasteiger partial charge is 0.399 e. The van der Waals surface area contributed by atoms with Gasteiger partial charge in [-0.1, -0.05) is 74.1 Å². The zero-order chi connectivity index (χ0) is 16.7. The van der Waals surface area contributed by atoms with E-state index in [1.165, 1.54) is 40.7 Å². The molecular formula is C23H23N. The van der Waals surface area contributed by atoms with Crippen molar-refractivity contribution in [1.29, 1.82) is 0 Å². The fraction of sp³-hybridized carbons (Fsp3) is 0.217. The van der Waals surface area contributed by atoms with Crippen molar-refractivity contribution in [2.24, 2.45) is 0 Å². The van der Waals surface area contributed by atoms with Crippen LogP contribution in [0.5, 0.6) is 0 Å². The molecule has 0 amide bonds. The maximum absolute atomic E-state index is 5.75. The fourth-order valence-electron chi connectivity index (χ4n) is 3.95. The number of anilines is 1.